The average Bonchev–Trinajstić information content (AvgIpc) is 2.61. The van der Waals surface area contributed by atoms with E-state index in [1.54, 1.807) is 0 Å². The third-order valence-electron chi connectivity index (χ3n) is 2.96. The maximum Gasteiger partial charge on any atom is 0.240 e. The fourth-order valence-corrected chi connectivity index (χ4v) is 5.94. The zero-order chi connectivity index (χ0) is 15.0. The Morgan fingerprint density at radius 1 is 1.25 bits per heavy atom. The van der Waals surface area contributed by atoms with Crippen molar-refractivity contribution in [3.63, 3.8) is 0 Å². The first kappa shape index (κ1) is 15.6. The lowest BCUT2D eigenvalue weighted by Crippen LogP contribution is -2.40. The first-order valence-corrected chi connectivity index (χ1v) is 9.48. The quantitative estimate of drug-likeness (QED) is 0.801. The maximum atomic E-state index is 12.1. The van der Waals surface area contributed by atoms with Crippen molar-refractivity contribution in [3.05, 3.63) is 24.3 Å². The lowest BCUT2D eigenvalue weighted by molar-refractivity contribution is 0.414. The van der Waals surface area contributed by atoms with Crippen molar-refractivity contribution in [2.45, 2.75) is 16.3 Å². The van der Waals surface area contributed by atoms with E-state index in [0.717, 1.165) is 0 Å². The summed E-state index contributed by atoms with van der Waals surface area (Å²) in [7, 11) is -5.62. The average molecular weight is 340 g/mol. The molecule has 1 N–H and O–H groups in total. The predicted molar refractivity (Wildman–Crippen MR) is 75.4 cm³/mol. The minimum Gasteiger partial charge on any atom is -0.497 e. The van der Waals surface area contributed by atoms with Crippen molar-refractivity contribution < 1.29 is 21.6 Å². The summed E-state index contributed by atoms with van der Waals surface area (Å²) in [5, 5.41) is -0.756. The van der Waals surface area contributed by atoms with Crippen LogP contribution in [0.4, 0.5) is 0 Å². The molecule has 1 aliphatic rings. The van der Waals surface area contributed by atoms with Gasteiger partial charge in [0.05, 0.1) is 34.9 Å². The lowest BCUT2D eigenvalue weighted by Gasteiger charge is -2.14. The Morgan fingerprint density at radius 2 is 1.85 bits per heavy atom. The van der Waals surface area contributed by atoms with E-state index in [2.05, 4.69) is 4.72 Å². The van der Waals surface area contributed by atoms with Gasteiger partial charge in [0.15, 0.2) is 9.84 Å². The minimum atomic E-state index is -3.81. The Labute approximate surface area is 123 Å². The Hall–Kier alpha value is -0.830. The molecule has 1 aromatic carbocycles. The van der Waals surface area contributed by atoms with Gasteiger partial charge in [-0.25, -0.2) is 21.6 Å². The van der Waals surface area contributed by atoms with Crippen LogP contribution in [0.1, 0.15) is 0 Å². The van der Waals surface area contributed by atoms with E-state index >= 15 is 0 Å². The molecule has 1 aliphatic heterocycles. The van der Waals surface area contributed by atoms with Gasteiger partial charge < -0.3 is 4.74 Å². The summed E-state index contributed by atoms with van der Waals surface area (Å²) in [6.07, 6.45) is 0. The highest BCUT2D eigenvalue weighted by Crippen LogP contribution is 2.21. The number of rotatable bonds is 4. The van der Waals surface area contributed by atoms with Crippen molar-refractivity contribution in [1.29, 1.82) is 0 Å². The van der Waals surface area contributed by atoms with Crippen LogP contribution >= 0.6 is 11.6 Å². The number of benzene rings is 1. The summed E-state index contributed by atoms with van der Waals surface area (Å²) in [4.78, 5) is 0.0338. The Balaban J connectivity index is 2.19. The number of methoxy groups -OCH3 is 1. The van der Waals surface area contributed by atoms with Gasteiger partial charge >= 0.3 is 0 Å². The molecule has 1 aromatic rings. The predicted octanol–water partition coefficient (Wildman–Crippen LogP) is 0.378. The van der Waals surface area contributed by atoms with Gasteiger partial charge in [0.1, 0.15) is 5.75 Å². The van der Waals surface area contributed by atoms with Crippen molar-refractivity contribution in [3.8, 4) is 5.75 Å². The summed E-state index contributed by atoms with van der Waals surface area (Å²) < 4.78 is 54.4. The van der Waals surface area contributed by atoms with E-state index in [4.69, 9.17) is 16.3 Å². The number of sulfonamides is 1. The largest absolute Gasteiger partial charge is 0.497 e. The molecule has 112 valence electrons. The van der Waals surface area contributed by atoms with Crippen LogP contribution < -0.4 is 9.46 Å². The van der Waals surface area contributed by atoms with Crippen LogP contribution in [0.15, 0.2) is 29.2 Å². The van der Waals surface area contributed by atoms with Crippen molar-refractivity contribution >= 4 is 31.5 Å². The standard InChI is InChI=1S/C11H14ClNO5S2/c1-18-8-2-4-9(5-3-8)20(16,17)13-11-7-19(14,15)6-10(11)12/h2-5,10-11,13H,6-7H2,1H3/t10-,11+/m0/s1. The molecule has 0 aliphatic carbocycles. The van der Waals surface area contributed by atoms with E-state index in [1.165, 1.54) is 31.4 Å². The maximum absolute atomic E-state index is 12.1. The van der Waals surface area contributed by atoms with Crippen LogP contribution in [0, 0.1) is 0 Å². The second-order valence-corrected chi connectivity index (χ2v) is 8.92. The topological polar surface area (TPSA) is 89.5 Å². The molecule has 20 heavy (non-hydrogen) atoms. The first-order chi connectivity index (χ1) is 9.23. The highest BCUT2D eigenvalue weighted by Gasteiger charge is 2.38. The molecule has 0 radical (unpaired) electrons. The van der Waals surface area contributed by atoms with Crippen molar-refractivity contribution in [1.82, 2.24) is 4.72 Å². The molecule has 2 rings (SSSR count). The molecule has 1 fully saturated rings. The Bertz CT molecular complexity index is 684. The molecule has 0 aromatic heterocycles. The normalized spacial score (nSPS) is 25.5. The third kappa shape index (κ3) is 3.43. The smallest absolute Gasteiger partial charge is 0.240 e. The molecule has 6 nitrogen and oxygen atoms in total. The number of nitrogens with one attached hydrogen (secondary N) is 1. The van der Waals surface area contributed by atoms with E-state index in [-0.39, 0.29) is 16.4 Å². The molecular weight excluding hydrogens is 326 g/mol. The van der Waals surface area contributed by atoms with Crippen molar-refractivity contribution in [2.24, 2.45) is 0 Å². The highest BCUT2D eigenvalue weighted by molar-refractivity contribution is 7.92. The van der Waals surface area contributed by atoms with Crippen molar-refractivity contribution in [2.75, 3.05) is 18.6 Å². The number of alkyl halides is 1. The van der Waals surface area contributed by atoms with E-state index in [1.807, 2.05) is 0 Å². The summed E-state index contributed by atoms with van der Waals surface area (Å²) in [5.74, 6) is 0.0311. The summed E-state index contributed by atoms with van der Waals surface area (Å²) >= 11 is 5.88. The summed E-state index contributed by atoms with van der Waals surface area (Å²) in [6.45, 7) is 0. The molecule has 1 saturated heterocycles. The minimum absolute atomic E-state index is 0.0338. The first-order valence-electron chi connectivity index (χ1n) is 5.74. The van der Waals surface area contributed by atoms with E-state index < -0.39 is 31.3 Å². The van der Waals surface area contributed by atoms with Gasteiger partial charge in [-0.15, -0.1) is 11.6 Å². The van der Waals surface area contributed by atoms with Crippen LogP contribution in [0.2, 0.25) is 0 Å². The van der Waals surface area contributed by atoms with Gasteiger partial charge in [0, 0.05) is 0 Å². The molecular formula is C11H14ClNO5S2. The number of hydrogen-bond acceptors (Lipinski definition) is 5. The SMILES string of the molecule is COc1ccc(S(=O)(=O)N[C@@H]2CS(=O)(=O)C[C@@H]2Cl)cc1. The zero-order valence-corrected chi connectivity index (χ0v) is 13.0. The second-order valence-electron chi connectivity index (χ2n) is 4.50. The number of ether oxygens (including phenoxy) is 1. The number of halogens is 1. The molecule has 0 saturated carbocycles. The van der Waals surface area contributed by atoms with Crippen LogP contribution in [0.3, 0.4) is 0 Å². The van der Waals surface area contributed by atoms with Gasteiger partial charge in [-0.2, -0.15) is 0 Å². The van der Waals surface area contributed by atoms with Gasteiger partial charge in [-0.1, -0.05) is 0 Å². The molecule has 2 atom stereocenters. The summed E-state index contributed by atoms with van der Waals surface area (Å²) in [6, 6.07) is 4.98. The molecule has 0 bridgehead atoms. The monoisotopic (exact) mass is 339 g/mol. The molecule has 0 amide bonds. The van der Waals surface area contributed by atoms with Crippen LogP contribution in [0.5, 0.6) is 5.75 Å². The second kappa shape index (κ2) is 5.51. The third-order valence-corrected chi connectivity index (χ3v) is 6.84. The number of sulfone groups is 1. The fourth-order valence-electron chi connectivity index (χ4n) is 1.93. The lowest BCUT2D eigenvalue weighted by atomic mass is 10.3. The van der Waals surface area contributed by atoms with Gasteiger partial charge in [-0.05, 0) is 24.3 Å². The number of hydrogen-bond donors (Lipinski definition) is 1. The van der Waals surface area contributed by atoms with Gasteiger partial charge in [0.2, 0.25) is 10.0 Å². The molecule has 9 heteroatoms. The Kier molecular flexibility index (Phi) is 4.29. The summed E-state index contributed by atoms with van der Waals surface area (Å²) in [5.41, 5.74) is 0. The molecule has 1 heterocycles. The van der Waals surface area contributed by atoms with E-state index in [0.29, 0.717) is 5.75 Å². The Morgan fingerprint density at radius 3 is 2.30 bits per heavy atom. The molecule has 0 unspecified atom stereocenters. The fraction of sp³-hybridized carbons (Fsp3) is 0.455. The highest BCUT2D eigenvalue weighted by atomic mass is 35.5. The van der Waals surface area contributed by atoms with Crippen LogP contribution in [-0.4, -0.2) is 46.9 Å². The van der Waals surface area contributed by atoms with Gasteiger partial charge in [0.25, 0.3) is 0 Å². The van der Waals surface area contributed by atoms with Gasteiger partial charge in [-0.3, -0.25) is 0 Å². The van der Waals surface area contributed by atoms with E-state index in [9.17, 15) is 16.8 Å². The zero-order valence-electron chi connectivity index (χ0n) is 10.6. The van der Waals surface area contributed by atoms with Crippen LogP contribution in [-0.2, 0) is 19.9 Å². The molecule has 0 spiro atoms. The van der Waals surface area contributed by atoms with Crippen LogP contribution in [0.25, 0.3) is 0 Å².